The summed E-state index contributed by atoms with van der Waals surface area (Å²) in [5.41, 5.74) is 3.82. The summed E-state index contributed by atoms with van der Waals surface area (Å²) in [6.45, 7) is 4.21. The summed E-state index contributed by atoms with van der Waals surface area (Å²) in [6, 6.07) is 6.42. The molecule has 0 unspecified atom stereocenters. The van der Waals surface area contributed by atoms with Crippen molar-refractivity contribution in [3.05, 3.63) is 35.5 Å². The van der Waals surface area contributed by atoms with Gasteiger partial charge in [0.25, 0.3) is 0 Å². The topological polar surface area (TPSA) is 81.8 Å². The van der Waals surface area contributed by atoms with Crippen molar-refractivity contribution in [2.75, 3.05) is 47.4 Å². The number of para-hydroxylation sites is 1. The number of nitrogens with zero attached hydrogens (tertiary/aromatic N) is 2. The first-order chi connectivity index (χ1) is 13.1. The van der Waals surface area contributed by atoms with Crippen LogP contribution in [0.1, 0.15) is 18.1 Å². The Balaban J connectivity index is 0.00000392. The number of methoxy groups -OCH3 is 1. The van der Waals surface area contributed by atoms with E-state index in [9.17, 15) is 4.79 Å². The fourth-order valence-corrected chi connectivity index (χ4v) is 2.83. The molecule has 8 heteroatoms. The molecule has 1 amide bonds. The van der Waals surface area contributed by atoms with Gasteiger partial charge in [-0.15, -0.1) is 24.0 Å². The number of halogens is 1. The van der Waals surface area contributed by atoms with Crippen molar-refractivity contribution in [2.45, 2.75) is 19.8 Å². The van der Waals surface area contributed by atoms with Crippen molar-refractivity contribution in [1.82, 2.24) is 20.5 Å². The Morgan fingerprint density at radius 3 is 2.64 bits per heavy atom. The quantitative estimate of drug-likeness (QED) is 0.213. The molecule has 28 heavy (non-hydrogen) atoms. The number of carbonyl (C=O) groups excluding carboxylic acids is 1. The lowest BCUT2D eigenvalue weighted by Crippen LogP contribution is -2.40. The van der Waals surface area contributed by atoms with E-state index in [0.717, 1.165) is 19.4 Å². The van der Waals surface area contributed by atoms with Crippen molar-refractivity contribution in [3.63, 3.8) is 0 Å². The van der Waals surface area contributed by atoms with Gasteiger partial charge in [-0.25, -0.2) is 4.99 Å². The number of amides is 1. The first kappa shape index (κ1) is 24.2. The number of carbonyl (C=O) groups is 1. The van der Waals surface area contributed by atoms with Gasteiger partial charge in [0.1, 0.15) is 6.54 Å². The Bertz CT molecular complexity index is 773. The summed E-state index contributed by atoms with van der Waals surface area (Å²) in [5, 5.41) is 7.76. The Labute approximate surface area is 184 Å². The molecule has 0 spiro atoms. The van der Waals surface area contributed by atoms with Gasteiger partial charge in [0.2, 0.25) is 5.91 Å². The number of aryl methyl sites for hydroxylation is 1. The number of hydrogen-bond donors (Lipinski definition) is 3. The van der Waals surface area contributed by atoms with Crippen molar-refractivity contribution in [1.29, 1.82) is 0 Å². The predicted molar refractivity (Wildman–Crippen MR) is 126 cm³/mol. The van der Waals surface area contributed by atoms with E-state index >= 15 is 0 Å². The SMILES string of the molecule is CCc1cccc2c(CCNC(=NCC(=O)N(C)C)NCCOC)c[nH]c12.I. The average Bonchev–Trinajstić information content (AvgIpc) is 3.08. The second kappa shape index (κ2) is 12.6. The zero-order valence-electron chi connectivity index (χ0n) is 17.2. The maximum absolute atomic E-state index is 11.8. The van der Waals surface area contributed by atoms with Gasteiger partial charge in [0, 0.05) is 51.4 Å². The standard InChI is InChI=1S/C20H31N5O2.HI/c1-5-15-7-6-8-17-16(13-23-19(15)17)9-10-21-20(22-11-12-27-4)24-14-18(26)25(2)3;/h6-8,13,23H,5,9-12,14H2,1-4H3,(H2,21,22,24);1H. The second-order valence-electron chi connectivity index (χ2n) is 6.56. The molecule has 0 atom stereocenters. The van der Waals surface area contributed by atoms with Gasteiger partial charge in [-0.05, 0) is 24.0 Å². The normalized spacial score (nSPS) is 11.2. The van der Waals surface area contributed by atoms with E-state index in [1.165, 1.54) is 26.9 Å². The Morgan fingerprint density at radius 2 is 1.96 bits per heavy atom. The van der Waals surface area contributed by atoms with Crippen LogP contribution in [0.15, 0.2) is 29.4 Å². The number of fused-ring (bicyclic) bond motifs is 1. The number of ether oxygens (including phenoxy) is 1. The number of benzene rings is 1. The number of aliphatic imine (C=N–C) groups is 1. The molecule has 0 radical (unpaired) electrons. The van der Waals surface area contributed by atoms with Crippen LogP contribution in [0.3, 0.4) is 0 Å². The molecule has 0 aliphatic heterocycles. The fraction of sp³-hybridized carbons (Fsp3) is 0.500. The van der Waals surface area contributed by atoms with Gasteiger partial charge in [-0.1, -0.05) is 25.1 Å². The van der Waals surface area contributed by atoms with Crippen LogP contribution in [0.4, 0.5) is 0 Å². The molecule has 0 bridgehead atoms. The van der Waals surface area contributed by atoms with Crippen molar-refractivity contribution in [3.8, 4) is 0 Å². The number of H-pyrrole nitrogens is 1. The van der Waals surface area contributed by atoms with E-state index in [4.69, 9.17) is 4.74 Å². The third-order valence-corrected chi connectivity index (χ3v) is 4.42. The molecule has 7 nitrogen and oxygen atoms in total. The van der Waals surface area contributed by atoms with Gasteiger partial charge in [-0.3, -0.25) is 4.79 Å². The molecule has 0 aliphatic rings. The molecule has 2 rings (SSSR count). The third kappa shape index (κ3) is 6.97. The molecule has 0 saturated heterocycles. The largest absolute Gasteiger partial charge is 0.383 e. The van der Waals surface area contributed by atoms with Crippen LogP contribution >= 0.6 is 24.0 Å². The van der Waals surface area contributed by atoms with Crippen LogP contribution < -0.4 is 10.6 Å². The molecular formula is C20H32IN5O2. The van der Waals surface area contributed by atoms with Crippen LogP contribution in [0, 0.1) is 0 Å². The number of nitrogens with one attached hydrogen (secondary N) is 3. The predicted octanol–water partition coefficient (Wildman–Crippen LogP) is 2.16. The lowest BCUT2D eigenvalue weighted by molar-refractivity contribution is -0.127. The van der Waals surface area contributed by atoms with Crippen LogP contribution in [0.25, 0.3) is 10.9 Å². The Hall–Kier alpha value is -1.81. The van der Waals surface area contributed by atoms with E-state index in [1.54, 1.807) is 21.2 Å². The molecule has 0 aliphatic carbocycles. The summed E-state index contributed by atoms with van der Waals surface area (Å²) >= 11 is 0. The monoisotopic (exact) mass is 501 g/mol. The van der Waals surface area contributed by atoms with Crippen LogP contribution in [0.5, 0.6) is 0 Å². The fourth-order valence-electron chi connectivity index (χ4n) is 2.83. The molecule has 156 valence electrons. The minimum Gasteiger partial charge on any atom is -0.383 e. The maximum atomic E-state index is 11.8. The second-order valence-corrected chi connectivity index (χ2v) is 6.56. The molecule has 1 aromatic carbocycles. The molecule has 1 heterocycles. The van der Waals surface area contributed by atoms with Crippen molar-refractivity contribution < 1.29 is 9.53 Å². The number of guanidine groups is 1. The summed E-state index contributed by atoms with van der Waals surface area (Å²) < 4.78 is 5.06. The summed E-state index contributed by atoms with van der Waals surface area (Å²) in [6.07, 6.45) is 3.95. The highest BCUT2D eigenvalue weighted by molar-refractivity contribution is 14.0. The summed E-state index contributed by atoms with van der Waals surface area (Å²) in [7, 11) is 5.11. The van der Waals surface area contributed by atoms with E-state index in [0.29, 0.717) is 19.1 Å². The highest BCUT2D eigenvalue weighted by Crippen LogP contribution is 2.22. The smallest absolute Gasteiger partial charge is 0.243 e. The molecule has 1 aromatic heterocycles. The summed E-state index contributed by atoms with van der Waals surface area (Å²) in [4.78, 5) is 21.1. The van der Waals surface area contributed by atoms with E-state index < -0.39 is 0 Å². The van der Waals surface area contributed by atoms with E-state index in [2.05, 4.69) is 51.9 Å². The average molecular weight is 501 g/mol. The number of aromatic amines is 1. The lowest BCUT2D eigenvalue weighted by atomic mass is 10.1. The Kier molecular flexibility index (Phi) is 10.9. The van der Waals surface area contributed by atoms with Crippen LogP contribution in [-0.2, 0) is 22.4 Å². The van der Waals surface area contributed by atoms with E-state index in [-0.39, 0.29) is 36.4 Å². The lowest BCUT2D eigenvalue weighted by Gasteiger charge is -2.13. The van der Waals surface area contributed by atoms with Gasteiger partial charge < -0.3 is 25.3 Å². The zero-order chi connectivity index (χ0) is 19.6. The first-order valence-corrected chi connectivity index (χ1v) is 9.36. The van der Waals surface area contributed by atoms with Crippen LogP contribution in [0.2, 0.25) is 0 Å². The third-order valence-electron chi connectivity index (χ3n) is 4.42. The molecule has 3 N–H and O–H groups in total. The highest BCUT2D eigenvalue weighted by atomic mass is 127. The van der Waals surface area contributed by atoms with Gasteiger partial charge in [-0.2, -0.15) is 0 Å². The van der Waals surface area contributed by atoms with Crippen molar-refractivity contribution in [2.24, 2.45) is 4.99 Å². The Morgan fingerprint density at radius 1 is 1.21 bits per heavy atom. The molecule has 0 fully saturated rings. The number of aromatic nitrogens is 1. The van der Waals surface area contributed by atoms with Gasteiger partial charge in [0.05, 0.1) is 6.61 Å². The number of hydrogen-bond acceptors (Lipinski definition) is 3. The minimum absolute atomic E-state index is 0. The van der Waals surface area contributed by atoms with Gasteiger partial charge >= 0.3 is 0 Å². The minimum atomic E-state index is -0.0356. The first-order valence-electron chi connectivity index (χ1n) is 9.36. The highest BCUT2D eigenvalue weighted by Gasteiger charge is 2.08. The maximum Gasteiger partial charge on any atom is 0.243 e. The summed E-state index contributed by atoms with van der Waals surface area (Å²) in [5.74, 6) is 0.586. The zero-order valence-corrected chi connectivity index (χ0v) is 19.5. The molecule has 0 saturated carbocycles. The number of likely N-dealkylation sites (N-methyl/N-ethyl adjacent to an activating group) is 1. The molecular weight excluding hydrogens is 469 g/mol. The number of rotatable bonds is 9. The van der Waals surface area contributed by atoms with Gasteiger partial charge in [0.15, 0.2) is 5.96 Å². The molecule has 2 aromatic rings. The van der Waals surface area contributed by atoms with E-state index in [1.807, 2.05) is 0 Å². The van der Waals surface area contributed by atoms with Crippen molar-refractivity contribution >= 4 is 46.7 Å². The van der Waals surface area contributed by atoms with Crippen LogP contribution in [-0.4, -0.2) is 69.2 Å².